The lowest BCUT2D eigenvalue weighted by atomic mass is 9.66. The Bertz CT molecular complexity index is 374. The molecule has 0 saturated heterocycles. The van der Waals surface area contributed by atoms with Crippen LogP contribution in [0.2, 0.25) is 0 Å². The topological polar surface area (TPSA) is 34.1 Å². The summed E-state index contributed by atoms with van der Waals surface area (Å²) in [4.78, 5) is 22.8. The molecule has 3 aliphatic carbocycles. The number of rotatable bonds is 0. The minimum Gasteiger partial charge on any atom is -0.299 e. The van der Waals surface area contributed by atoms with Crippen molar-refractivity contribution in [3.63, 3.8) is 0 Å². The van der Waals surface area contributed by atoms with Crippen molar-refractivity contribution in [3.8, 4) is 0 Å². The van der Waals surface area contributed by atoms with E-state index < -0.39 is 0 Å². The fourth-order valence-corrected chi connectivity index (χ4v) is 3.40. The summed E-state index contributed by atoms with van der Waals surface area (Å²) in [5.41, 5.74) is 2.64. The van der Waals surface area contributed by atoms with E-state index in [1.54, 1.807) is 0 Å². The molecule has 3 rings (SSSR count). The number of carbonyl (C=O) groups is 2. The normalized spacial score (nSPS) is 33.8. The fourth-order valence-electron chi connectivity index (χ4n) is 3.40. The summed E-state index contributed by atoms with van der Waals surface area (Å²) in [6.07, 6.45) is 8.98. The lowest BCUT2D eigenvalue weighted by Gasteiger charge is -2.38. The van der Waals surface area contributed by atoms with Crippen LogP contribution in [-0.2, 0) is 9.59 Å². The van der Waals surface area contributed by atoms with Gasteiger partial charge in [0.2, 0.25) is 0 Å². The van der Waals surface area contributed by atoms with Gasteiger partial charge in [0.15, 0.2) is 0 Å². The van der Waals surface area contributed by atoms with Crippen molar-refractivity contribution in [2.75, 3.05) is 0 Å². The number of ketones is 2. The van der Waals surface area contributed by atoms with Crippen LogP contribution in [0.3, 0.4) is 0 Å². The molecule has 0 N–H and O–H groups in total. The van der Waals surface area contributed by atoms with Crippen molar-refractivity contribution in [2.45, 2.75) is 38.5 Å². The van der Waals surface area contributed by atoms with E-state index in [1.165, 1.54) is 11.1 Å². The summed E-state index contributed by atoms with van der Waals surface area (Å²) in [6.45, 7) is 0. The Morgan fingerprint density at radius 1 is 0.812 bits per heavy atom. The van der Waals surface area contributed by atoms with Crippen molar-refractivity contribution in [2.24, 2.45) is 11.8 Å². The summed E-state index contributed by atoms with van der Waals surface area (Å²) in [6, 6.07) is 0. The molecule has 2 fully saturated rings. The first-order valence-electron chi connectivity index (χ1n) is 6.17. The Kier molecular flexibility index (Phi) is 2.31. The molecule has 0 aromatic carbocycles. The van der Waals surface area contributed by atoms with Crippen molar-refractivity contribution in [1.29, 1.82) is 0 Å². The monoisotopic (exact) mass is 216 g/mol. The maximum Gasteiger partial charge on any atom is 0.136 e. The zero-order valence-corrected chi connectivity index (χ0v) is 9.37. The van der Waals surface area contributed by atoms with Crippen molar-refractivity contribution < 1.29 is 9.59 Å². The summed E-state index contributed by atoms with van der Waals surface area (Å²) < 4.78 is 0. The molecule has 0 radical (unpaired) electrons. The van der Waals surface area contributed by atoms with E-state index in [0.29, 0.717) is 36.2 Å². The van der Waals surface area contributed by atoms with Crippen LogP contribution in [0, 0.1) is 11.8 Å². The summed E-state index contributed by atoms with van der Waals surface area (Å²) in [5.74, 6) is 1.88. The Morgan fingerprint density at radius 2 is 1.25 bits per heavy atom. The van der Waals surface area contributed by atoms with E-state index in [-0.39, 0.29) is 0 Å². The van der Waals surface area contributed by atoms with Crippen LogP contribution in [0.15, 0.2) is 23.3 Å². The Morgan fingerprint density at radius 3 is 1.69 bits per heavy atom. The van der Waals surface area contributed by atoms with Crippen LogP contribution in [0.5, 0.6) is 0 Å². The van der Waals surface area contributed by atoms with Crippen molar-refractivity contribution >= 4 is 11.6 Å². The van der Waals surface area contributed by atoms with Gasteiger partial charge in [0.1, 0.15) is 11.6 Å². The van der Waals surface area contributed by atoms with Gasteiger partial charge in [-0.25, -0.2) is 0 Å². The molecule has 0 bridgehead atoms. The van der Waals surface area contributed by atoms with Crippen LogP contribution in [0.4, 0.5) is 0 Å². The maximum absolute atomic E-state index is 11.4. The van der Waals surface area contributed by atoms with E-state index in [9.17, 15) is 9.59 Å². The van der Waals surface area contributed by atoms with Crippen LogP contribution in [-0.4, -0.2) is 11.6 Å². The minimum atomic E-state index is 0.381. The van der Waals surface area contributed by atoms with Gasteiger partial charge >= 0.3 is 0 Å². The molecular formula is C14H16O2. The van der Waals surface area contributed by atoms with Gasteiger partial charge in [-0.3, -0.25) is 9.59 Å². The van der Waals surface area contributed by atoms with Gasteiger partial charge in [-0.1, -0.05) is 23.3 Å². The number of hydrogen-bond acceptors (Lipinski definition) is 2. The highest BCUT2D eigenvalue weighted by Gasteiger charge is 2.36. The highest BCUT2D eigenvalue weighted by atomic mass is 16.1. The lowest BCUT2D eigenvalue weighted by Crippen LogP contribution is -2.31. The third-order valence-electron chi connectivity index (χ3n) is 4.22. The highest BCUT2D eigenvalue weighted by molar-refractivity contribution is 5.84. The minimum absolute atomic E-state index is 0.381. The van der Waals surface area contributed by atoms with Crippen LogP contribution in [0.1, 0.15) is 38.5 Å². The third-order valence-corrected chi connectivity index (χ3v) is 4.22. The van der Waals surface area contributed by atoms with Crippen LogP contribution >= 0.6 is 0 Å². The fraction of sp³-hybridized carbons (Fsp3) is 0.571. The van der Waals surface area contributed by atoms with Crippen LogP contribution < -0.4 is 0 Å². The first-order chi connectivity index (χ1) is 7.74. The zero-order valence-electron chi connectivity index (χ0n) is 9.37. The molecule has 2 atom stereocenters. The second-order valence-corrected chi connectivity index (χ2v) is 5.20. The Hall–Kier alpha value is -1.18. The van der Waals surface area contributed by atoms with Gasteiger partial charge in [0.05, 0.1) is 0 Å². The molecule has 1 unspecified atom stereocenters. The van der Waals surface area contributed by atoms with E-state index in [2.05, 4.69) is 12.2 Å². The molecule has 0 spiro atoms. The number of fused-ring (bicyclic) bond motifs is 3. The second-order valence-electron chi connectivity index (χ2n) is 5.20. The van der Waals surface area contributed by atoms with Gasteiger partial charge in [-0.15, -0.1) is 0 Å². The Labute approximate surface area is 95.4 Å². The Balaban J connectivity index is 1.90. The summed E-state index contributed by atoms with van der Waals surface area (Å²) in [5, 5.41) is 0. The molecule has 3 aliphatic rings. The predicted molar refractivity (Wildman–Crippen MR) is 60.9 cm³/mol. The number of hydrogen-bond donors (Lipinski definition) is 0. The quantitative estimate of drug-likeness (QED) is 0.623. The van der Waals surface area contributed by atoms with E-state index in [4.69, 9.17) is 0 Å². The molecule has 0 aliphatic heterocycles. The molecule has 2 saturated carbocycles. The van der Waals surface area contributed by atoms with E-state index in [0.717, 1.165) is 25.7 Å². The lowest BCUT2D eigenvalue weighted by molar-refractivity contribution is -0.121. The molecule has 84 valence electrons. The smallest absolute Gasteiger partial charge is 0.136 e. The van der Waals surface area contributed by atoms with E-state index >= 15 is 0 Å². The molecule has 2 nitrogen and oxygen atoms in total. The van der Waals surface area contributed by atoms with Crippen molar-refractivity contribution in [1.82, 2.24) is 0 Å². The molecule has 16 heavy (non-hydrogen) atoms. The molecule has 0 heterocycles. The molecule has 0 aromatic rings. The SMILES string of the molecule is O=C1CCC2C(=CC=C3CC(=O)CC[C@@H]32)C1. The summed E-state index contributed by atoms with van der Waals surface area (Å²) >= 11 is 0. The molecule has 0 amide bonds. The first kappa shape index (κ1) is 10.0. The predicted octanol–water partition coefficient (Wildman–Crippen LogP) is 2.59. The average molecular weight is 216 g/mol. The largest absolute Gasteiger partial charge is 0.299 e. The zero-order chi connectivity index (χ0) is 11.1. The second kappa shape index (κ2) is 3.69. The molecule has 2 heteroatoms. The van der Waals surface area contributed by atoms with Gasteiger partial charge in [-0.05, 0) is 24.7 Å². The van der Waals surface area contributed by atoms with Gasteiger partial charge in [0.25, 0.3) is 0 Å². The van der Waals surface area contributed by atoms with Gasteiger partial charge < -0.3 is 0 Å². The van der Waals surface area contributed by atoms with Gasteiger partial charge in [0, 0.05) is 25.7 Å². The standard InChI is InChI=1S/C14H16O2/c15-11-3-5-13-9(7-11)1-2-10-8-12(16)4-6-14(10)13/h1-2,13-14H,3-8H2/t13-,14?/m0/s1. The summed E-state index contributed by atoms with van der Waals surface area (Å²) in [7, 11) is 0. The number of Topliss-reactive ketones (excluding diaryl/α,β-unsaturated/α-hetero) is 2. The maximum atomic E-state index is 11.4. The molecular weight excluding hydrogens is 200 g/mol. The first-order valence-corrected chi connectivity index (χ1v) is 6.17. The van der Waals surface area contributed by atoms with E-state index in [1.807, 2.05) is 0 Å². The van der Waals surface area contributed by atoms with Crippen LogP contribution in [0.25, 0.3) is 0 Å². The number of carbonyl (C=O) groups excluding carboxylic acids is 2. The van der Waals surface area contributed by atoms with Crippen molar-refractivity contribution in [3.05, 3.63) is 23.3 Å². The average Bonchev–Trinajstić information content (AvgIpc) is 2.28. The number of allylic oxidation sites excluding steroid dienone is 4. The third kappa shape index (κ3) is 1.57. The highest BCUT2D eigenvalue weighted by Crippen LogP contribution is 2.44. The molecule has 0 aromatic heterocycles. The van der Waals surface area contributed by atoms with Gasteiger partial charge in [-0.2, -0.15) is 0 Å².